The van der Waals surface area contributed by atoms with Crippen LogP contribution in [0.1, 0.15) is 58.6 Å². The van der Waals surface area contributed by atoms with Gasteiger partial charge >= 0.3 is 0 Å². The SMILES string of the molecule is CC(C)CC(=O)N1c2ccccc2NC2=C(C(=O)CC(C)(C)C2)C1c1c[nH]c2ccccc12. The molecule has 2 N–H and O–H groups in total. The highest BCUT2D eigenvalue weighted by atomic mass is 16.2. The van der Waals surface area contributed by atoms with E-state index >= 15 is 0 Å². The van der Waals surface area contributed by atoms with E-state index in [1.165, 1.54) is 0 Å². The van der Waals surface area contributed by atoms with Gasteiger partial charge in [-0.25, -0.2) is 0 Å². The number of nitrogens with zero attached hydrogens (tertiary/aromatic N) is 1. The molecule has 1 unspecified atom stereocenters. The lowest BCUT2D eigenvalue weighted by Gasteiger charge is -2.37. The smallest absolute Gasteiger partial charge is 0.228 e. The minimum Gasteiger partial charge on any atom is -0.361 e. The summed E-state index contributed by atoms with van der Waals surface area (Å²) < 4.78 is 0. The summed E-state index contributed by atoms with van der Waals surface area (Å²) in [4.78, 5) is 32.8. The van der Waals surface area contributed by atoms with Crippen molar-refractivity contribution in [2.75, 3.05) is 10.2 Å². The van der Waals surface area contributed by atoms with Crippen molar-refractivity contribution in [1.82, 2.24) is 4.98 Å². The van der Waals surface area contributed by atoms with E-state index in [2.05, 4.69) is 44.1 Å². The minimum absolute atomic E-state index is 0.0286. The summed E-state index contributed by atoms with van der Waals surface area (Å²) in [5, 5.41) is 4.62. The van der Waals surface area contributed by atoms with Crippen LogP contribution in [0.25, 0.3) is 10.9 Å². The largest absolute Gasteiger partial charge is 0.361 e. The number of hydrogen-bond donors (Lipinski definition) is 2. The van der Waals surface area contributed by atoms with E-state index in [4.69, 9.17) is 0 Å². The molecule has 1 aromatic heterocycles. The Labute approximate surface area is 194 Å². The molecule has 2 aliphatic rings. The van der Waals surface area contributed by atoms with Crippen LogP contribution in [0.5, 0.6) is 0 Å². The molecule has 5 heteroatoms. The number of nitrogens with one attached hydrogen (secondary N) is 2. The van der Waals surface area contributed by atoms with Gasteiger partial charge in [0, 0.05) is 46.8 Å². The number of amides is 1. The maximum absolute atomic E-state index is 13.8. The van der Waals surface area contributed by atoms with Gasteiger partial charge in [0.2, 0.25) is 5.91 Å². The first-order valence-electron chi connectivity index (χ1n) is 11.8. The van der Waals surface area contributed by atoms with Crippen LogP contribution in [-0.2, 0) is 9.59 Å². The van der Waals surface area contributed by atoms with Crippen molar-refractivity contribution in [2.45, 2.75) is 53.0 Å². The summed E-state index contributed by atoms with van der Waals surface area (Å²) in [6.45, 7) is 8.38. The molecule has 3 aromatic rings. The van der Waals surface area contributed by atoms with Crippen LogP contribution < -0.4 is 10.2 Å². The van der Waals surface area contributed by atoms with Gasteiger partial charge in [-0.3, -0.25) is 14.5 Å². The zero-order chi connectivity index (χ0) is 23.3. The van der Waals surface area contributed by atoms with E-state index < -0.39 is 6.04 Å². The number of aromatic nitrogens is 1. The lowest BCUT2D eigenvalue weighted by Crippen LogP contribution is -2.39. The fourth-order valence-corrected chi connectivity index (χ4v) is 5.32. The first-order chi connectivity index (χ1) is 15.7. The first-order valence-corrected chi connectivity index (χ1v) is 11.8. The standard InChI is InChI=1S/C28H31N3O2/c1-17(2)13-25(33)31-23-12-8-7-11-21(23)30-22-14-28(3,4)15-24(32)26(22)27(31)19-16-29-20-10-6-5-9-18(19)20/h5-12,16-17,27,29-30H,13-15H2,1-4H3. The highest BCUT2D eigenvalue weighted by molar-refractivity contribution is 6.07. The van der Waals surface area contributed by atoms with E-state index in [1.54, 1.807) is 0 Å². The number of H-pyrrole nitrogens is 1. The molecule has 0 saturated carbocycles. The number of Topliss-reactive ketones (excluding diaryl/α,β-unsaturated/α-hetero) is 1. The Morgan fingerprint density at radius 2 is 1.82 bits per heavy atom. The second-order valence-electron chi connectivity index (χ2n) is 10.5. The Bertz CT molecular complexity index is 1280. The van der Waals surface area contributed by atoms with Gasteiger partial charge in [-0.1, -0.05) is 58.0 Å². The molecule has 0 bridgehead atoms. The quantitative estimate of drug-likeness (QED) is 0.497. The Balaban J connectivity index is 1.81. The third-order valence-electron chi connectivity index (χ3n) is 6.67. The number of carbonyl (C=O) groups excluding carboxylic acids is 2. The van der Waals surface area contributed by atoms with Gasteiger partial charge in [0.25, 0.3) is 0 Å². The van der Waals surface area contributed by atoms with Gasteiger partial charge in [0.1, 0.15) is 0 Å². The van der Waals surface area contributed by atoms with Gasteiger partial charge in [-0.2, -0.15) is 0 Å². The van der Waals surface area contributed by atoms with Crippen LogP contribution in [-0.4, -0.2) is 16.7 Å². The second-order valence-corrected chi connectivity index (χ2v) is 10.5. The highest BCUT2D eigenvalue weighted by Gasteiger charge is 2.43. The number of aromatic amines is 1. The van der Waals surface area contributed by atoms with Gasteiger partial charge in [0.05, 0.1) is 17.4 Å². The zero-order valence-electron chi connectivity index (χ0n) is 19.7. The van der Waals surface area contributed by atoms with Crippen LogP contribution in [0.3, 0.4) is 0 Å². The maximum atomic E-state index is 13.8. The number of fused-ring (bicyclic) bond motifs is 2. The summed E-state index contributed by atoms with van der Waals surface area (Å²) in [7, 11) is 0. The normalized spacial score (nSPS) is 19.8. The third-order valence-corrected chi connectivity index (χ3v) is 6.67. The van der Waals surface area contributed by atoms with Crippen LogP contribution in [0, 0.1) is 11.3 Å². The number of hydrogen-bond acceptors (Lipinski definition) is 3. The van der Waals surface area contributed by atoms with Crippen molar-refractivity contribution in [3.63, 3.8) is 0 Å². The number of rotatable bonds is 3. The van der Waals surface area contributed by atoms with Crippen LogP contribution >= 0.6 is 0 Å². The monoisotopic (exact) mass is 441 g/mol. The van der Waals surface area contributed by atoms with Gasteiger partial charge in [-0.15, -0.1) is 0 Å². The van der Waals surface area contributed by atoms with E-state index in [0.29, 0.717) is 18.4 Å². The number of para-hydroxylation sites is 3. The third kappa shape index (κ3) is 3.75. The van der Waals surface area contributed by atoms with Crippen molar-refractivity contribution >= 4 is 34.0 Å². The van der Waals surface area contributed by atoms with E-state index in [9.17, 15) is 9.59 Å². The van der Waals surface area contributed by atoms with Gasteiger partial charge in [-0.05, 0) is 36.0 Å². The highest BCUT2D eigenvalue weighted by Crippen LogP contribution is 2.49. The molecule has 1 atom stereocenters. The number of anilines is 2. The first kappa shape index (κ1) is 21.5. The van der Waals surface area contributed by atoms with Crippen LogP contribution in [0.15, 0.2) is 66.0 Å². The molecular weight excluding hydrogens is 410 g/mol. The van der Waals surface area contributed by atoms with Crippen molar-refractivity contribution in [1.29, 1.82) is 0 Å². The Morgan fingerprint density at radius 1 is 1.09 bits per heavy atom. The molecule has 2 heterocycles. The molecule has 2 aromatic carbocycles. The molecule has 33 heavy (non-hydrogen) atoms. The fourth-order valence-electron chi connectivity index (χ4n) is 5.32. The van der Waals surface area contributed by atoms with E-state index in [-0.39, 0.29) is 23.0 Å². The predicted molar refractivity (Wildman–Crippen MR) is 133 cm³/mol. The van der Waals surface area contributed by atoms with Gasteiger partial charge in [0.15, 0.2) is 5.78 Å². The Morgan fingerprint density at radius 3 is 2.61 bits per heavy atom. The average molecular weight is 442 g/mol. The second kappa shape index (κ2) is 7.91. The lowest BCUT2D eigenvalue weighted by molar-refractivity contribution is -0.120. The molecule has 1 amide bonds. The van der Waals surface area contributed by atoms with Crippen molar-refractivity contribution in [3.8, 4) is 0 Å². The number of benzene rings is 2. The summed E-state index contributed by atoms with van der Waals surface area (Å²) >= 11 is 0. The van der Waals surface area contributed by atoms with Crippen LogP contribution in [0.2, 0.25) is 0 Å². The topological polar surface area (TPSA) is 65.2 Å². The minimum atomic E-state index is -0.484. The molecule has 5 rings (SSSR count). The van der Waals surface area contributed by atoms with Crippen molar-refractivity contribution in [2.24, 2.45) is 11.3 Å². The molecule has 0 fully saturated rings. The lowest BCUT2D eigenvalue weighted by atomic mass is 9.73. The predicted octanol–water partition coefficient (Wildman–Crippen LogP) is 6.36. The number of allylic oxidation sites excluding steroid dienone is 1. The summed E-state index contributed by atoms with van der Waals surface area (Å²) in [6.07, 6.45) is 3.61. The molecule has 1 aliphatic heterocycles. The Hall–Kier alpha value is -3.34. The summed E-state index contributed by atoms with van der Waals surface area (Å²) in [6, 6.07) is 15.5. The molecule has 0 radical (unpaired) electrons. The molecule has 1 aliphatic carbocycles. The maximum Gasteiger partial charge on any atom is 0.228 e. The molecule has 5 nitrogen and oxygen atoms in total. The van der Waals surface area contributed by atoms with E-state index in [1.807, 2.05) is 53.6 Å². The van der Waals surface area contributed by atoms with Crippen molar-refractivity contribution < 1.29 is 9.59 Å². The van der Waals surface area contributed by atoms with Crippen molar-refractivity contribution in [3.05, 3.63) is 71.6 Å². The van der Waals surface area contributed by atoms with E-state index in [0.717, 1.165) is 40.0 Å². The molecule has 170 valence electrons. The molecule has 0 saturated heterocycles. The number of ketones is 1. The van der Waals surface area contributed by atoms with Gasteiger partial charge < -0.3 is 10.3 Å². The molecule has 0 spiro atoms. The average Bonchev–Trinajstić information content (AvgIpc) is 3.09. The fraction of sp³-hybridized carbons (Fsp3) is 0.357. The number of carbonyl (C=O) groups is 2. The zero-order valence-corrected chi connectivity index (χ0v) is 19.7. The van der Waals surface area contributed by atoms with Crippen LogP contribution in [0.4, 0.5) is 11.4 Å². The molecular formula is C28H31N3O2. The summed E-state index contributed by atoms with van der Waals surface area (Å²) in [5.74, 6) is 0.346. The summed E-state index contributed by atoms with van der Waals surface area (Å²) in [5.41, 5.74) is 5.15. The Kier molecular flexibility index (Phi) is 5.15.